The number of benzene rings is 2. The Morgan fingerprint density at radius 1 is 0.710 bits per heavy atom. The molecule has 0 saturated heterocycles. The molecule has 3 rings (SSSR count). The second-order valence-electron chi connectivity index (χ2n) is 7.29. The van der Waals surface area contributed by atoms with Gasteiger partial charge in [-0.25, -0.2) is 4.98 Å². The van der Waals surface area contributed by atoms with Gasteiger partial charge in [-0.15, -0.1) is 37.2 Å². The average Bonchev–Trinajstić information content (AvgIpc) is 2.69. The Morgan fingerprint density at radius 3 is 1.52 bits per heavy atom. The number of fused-ring (bicyclic) bond motifs is 2. The number of nitrogens with zero attached hydrogens (tertiary/aromatic N) is 1. The molecular weight excluding hydrogens is 457 g/mol. The molecule has 2 unspecified atom stereocenters. The molecule has 2 atom stereocenters. The number of aromatic nitrogens is 1. The first-order valence-corrected chi connectivity index (χ1v) is 10.3. The lowest BCUT2D eigenvalue weighted by atomic mass is 10.1. The second-order valence-corrected chi connectivity index (χ2v) is 7.29. The molecule has 3 aromatic rings. The molecule has 1 aromatic heterocycles. The number of rotatable bonds is 10. The molecule has 0 aliphatic heterocycles. The van der Waals surface area contributed by atoms with E-state index in [4.69, 9.17) is 25.9 Å². The van der Waals surface area contributed by atoms with E-state index in [-0.39, 0.29) is 49.7 Å². The van der Waals surface area contributed by atoms with Crippen LogP contribution in [0.5, 0.6) is 11.5 Å². The molecule has 0 aliphatic rings. The molecule has 5 nitrogen and oxygen atoms in total. The van der Waals surface area contributed by atoms with Gasteiger partial charge in [0.2, 0.25) is 0 Å². The van der Waals surface area contributed by atoms with E-state index in [0.29, 0.717) is 0 Å². The fourth-order valence-electron chi connectivity index (χ4n) is 3.21. The van der Waals surface area contributed by atoms with E-state index in [9.17, 15) is 0 Å². The first-order chi connectivity index (χ1) is 13.6. The van der Waals surface area contributed by atoms with Crippen molar-refractivity contribution in [2.75, 3.05) is 0 Å². The zero-order valence-electron chi connectivity index (χ0n) is 18.1. The van der Waals surface area contributed by atoms with Crippen molar-refractivity contribution < 1.29 is 9.47 Å². The lowest BCUT2D eigenvalue weighted by Gasteiger charge is -2.15. The maximum atomic E-state index is 6.06. The molecule has 1 heterocycles. The molecule has 0 saturated carbocycles. The summed E-state index contributed by atoms with van der Waals surface area (Å²) in [7, 11) is 0. The van der Waals surface area contributed by atoms with Crippen LogP contribution in [0.3, 0.4) is 0 Å². The van der Waals surface area contributed by atoms with Gasteiger partial charge >= 0.3 is 0 Å². The second kappa shape index (κ2) is 14.5. The fourth-order valence-corrected chi connectivity index (χ4v) is 3.21. The summed E-state index contributed by atoms with van der Waals surface area (Å²) in [6, 6.07) is 14.0. The van der Waals surface area contributed by atoms with E-state index >= 15 is 0 Å². The SMILES string of the molecule is CCCCC(N)Oc1ccc2cc3ccc(OC(N)CCCC)cc3nc2c1.Cl.Cl.Cl. The maximum Gasteiger partial charge on any atom is 0.147 e. The minimum atomic E-state index is -0.289. The first kappa shape index (κ1) is 29.5. The Kier molecular flexibility index (Phi) is 13.8. The summed E-state index contributed by atoms with van der Waals surface area (Å²) in [4.78, 5) is 4.80. The highest BCUT2D eigenvalue weighted by molar-refractivity contribution is 5.93. The van der Waals surface area contributed by atoms with Crippen molar-refractivity contribution in [1.29, 1.82) is 0 Å². The van der Waals surface area contributed by atoms with Gasteiger partial charge in [-0.3, -0.25) is 11.5 Å². The number of pyridine rings is 1. The van der Waals surface area contributed by atoms with E-state index < -0.39 is 0 Å². The Balaban J connectivity index is 0.00000300. The number of hydrogen-bond donors (Lipinski definition) is 2. The van der Waals surface area contributed by atoms with Crippen molar-refractivity contribution in [3.63, 3.8) is 0 Å². The Labute approximate surface area is 203 Å². The monoisotopic (exact) mass is 489 g/mol. The highest BCUT2D eigenvalue weighted by Gasteiger charge is 2.08. The molecule has 0 spiro atoms. The molecular formula is C23H34Cl3N3O2. The van der Waals surface area contributed by atoms with E-state index in [1.54, 1.807) is 0 Å². The molecule has 0 amide bonds. The van der Waals surface area contributed by atoms with Gasteiger partial charge in [0.1, 0.15) is 24.0 Å². The molecule has 4 N–H and O–H groups in total. The molecule has 0 radical (unpaired) electrons. The Bertz CT molecular complexity index is 856. The maximum absolute atomic E-state index is 6.06. The summed E-state index contributed by atoms with van der Waals surface area (Å²) in [6.45, 7) is 4.29. The summed E-state index contributed by atoms with van der Waals surface area (Å²) < 4.78 is 11.7. The highest BCUT2D eigenvalue weighted by Crippen LogP contribution is 2.27. The predicted octanol–water partition coefficient (Wildman–Crippen LogP) is 6.36. The van der Waals surface area contributed by atoms with E-state index in [1.165, 1.54) is 0 Å². The van der Waals surface area contributed by atoms with Gasteiger partial charge < -0.3 is 9.47 Å². The van der Waals surface area contributed by atoms with Gasteiger partial charge in [-0.2, -0.15) is 0 Å². The van der Waals surface area contributed by atoms with Crippen LogP contribution >= 0.6 is 37.2 Å². The highest BCUT2D eigenvalue weighted by atomic mass is 35.5. The molecule has 2 aromatic carbocycles. The van der Waals surface area contributed by atoms with Crippen LogP contribution in [0.15, 0.2) is 42.5 Å². The number of hydrogen-bond acceptors (Lipinski definition) is 5. The van der Waals surface area contributed by atoms with Crippen molar-refractivity contribution in [3.05, 3.63) is 42.5 Å². The quantitative estimate of drug-likeness (QED) is 0.255. The van der Waals surface area contributed by atoms with Crippen LogP contribution < -0.4 is 20.9 Å². The third-order valence-corrected chi connectivity index (χ3v) is 4.82. The van der Waals surface area contributed by atoms with Crippen LogP contribution in [0.2, 0.25) is 0 Å². The minimum Gasteiger partial charge on any atom is -0.476 e. The lowest BCUT2D eigenvalue weighted by Crippen LogP contribution is -2.26. The van der Waals surface area contributed by atoms with Crippen LogP contribution in [-0.2, 0) is 0 Å². The van der Waals surface area contributed by atoms with Crippen molar-refractivity contribution in [2.24, 2.45) is 11.5 Å². The number of ether oxygens (including phenoxy) is 2. The molecule has 0 fully saturated rings. The zero-order valence-corrected chi connectivity index (χ0v) is 20.5. The first-order valence-electron chi connectivity index (χ1n) is 10.3. The fraction of sp³-hybridized carbons (Fsp3) is 0.435. The van der Waals surface area contributed by atoms with E-state index in [0.717, 1.165) is 71.8 Å². The summed E-state index contributed by atoms with van der Waals surface area (Å²) in [5.41, 5.74) is 13.9. The summed E-state index contributed by atoms with van der Waals surface area (Å²) in [5, 5.41) is 2.13. The van der Waals surface area contributed by atoms with Gasteiger partial charge in [0.15, 0.2) is 0 Å². The number of unbranched alkanes of at least 4 members (excludes halogenated alkanes) is 2. The van der Waals surface area contributed by atoms with Crippen molar-refractivity contribution >= 4 is 59.0 Å². The van der Waals surface area contributed by atoms with Crippen LogP contribution in [-0.4, -0.2) is 17.4 Å². The smallest absolute Gasteiger partial charge is 0.147 e. The van der Waals surface area contributed by atoms with Crippen LogP contribution in [0.25, 0.3) is 21.8 Å². The topological polar surface area (TPSA) is 83.4 Å². The largest absolute Gasteiger partial charge is 0.476 e. The van der Waals surface area contributed by atoms with Gasteiger partial charge in [0.25, 0.3) is 0 Å². The van der Waals surface area contributed by atoms with Crippen molar-refractivity contribution in [3.8, 4) is 11.5 Å². The van der Waals surface area contributed by atoms with Crippen molar-refractivity contribution in [2.45, 2.75) is 64.8 Å². The summed E-state index contributed by atoms with van der Waals surface area (Å²) in [6.07, 6.45) is 5.44. The molecule has 174 valence electrons. The normalized spacial score (nSPS) is 12.3. The zero-order chi connectivity index (χ0) is 19.9. The van der Waals surface area contributed by atoms with Gasteiger partial charge in [0.05, 0.1) is 11.0 Å². The van der Waals surface area contributed by atoms with Gasteiger partial charge in [-0.1, -0.05) is 26.7 Å². The van der Waals surface area contributed by atoms with Gasteiger partial charge in [0, 0.05) is 22.9 Å². The third-order valence-electron chi connectivity index (χ3n) is 4.82. The molecule has 0 aliphatic carbocycles. The molecule has 8 heteroatoms. The van der Waals surface area contributed by atoms with E-state index in [2.05, 4.69) is 19.9 Å². The summed E-state index contributed by atoms with van der Waals surface area (Å²) >= 11 is 0. The van der Waals surface area contributed by atoms with E-state index in [1.807, 2.05) is 36.4 Å². The van der Waals surface area contributed by atoms with Gasteiger partial charge in [-0.05, 0) is 56.0 Å². The van der Waals surface area contributed by atoms with Crippen LogP contribution in [0.1, 0.15) is 52.4 Å². The standard InChI is InChI=1S/C23H31N3O2.3ClH/c1-3-5-7-22(24)27-18-11-9-16-13-17-10-12-19(28-23(25)8-6-4-2)15-21(17)26-20(16)14-18;;;/h9-15,22-23H,3-8,24-25H2,1-2H3;3*1H. The third kappa shape index (κ3) is 8.51. The van der Waals surface area contributed by atoms with Crippen LogP contribution in [0.4, 0.5) is 0 Å². The number of nitrogens with two attached hydrogens (primary N) is 2. The van der Waals surface area contributed by atoms with Crippen molar-refractivity contribution in [1.82, 2.24) is 4.98 Å². The lowest BCUT2D eigenvalue weighted by molar-refractivity contribution is 0.195. The predicted molar refractivity (Wildman–Crippen MR) is 137 cm³/mol. The van der Waals surface area contributed by atoms with Crippen LogP contribution in [0, 0.1) is 0 Å². The Hall–Kier alpha value is -1.50. The molecule has 0 bridgehead atoms. The minimum absolute atomic E-state index is 0. The average molecular weight is 491 g/mol. The Morgan fingerprint density at radius 2 is 1.13 bits per heavy atom. The summed E-state index contributed by atoms with van der Waals surface area (Å²) in [5.74, 6) is 1.49. The molecule has 31 heavy (non-hydrogen) atoms. The number of halogens is 3.